The predicted octanol–water partition coefficient (Wildman–Crippen LogP) is 2.56. The second-order valence-corrected chi connectivity index (χ2v) is 6.14. The highest BCUT2D eigenvalue weighted by molar-refractivity contribution is 5.84. The molecule has 27 heavy (non-hydrogen) atoms. The quantitative estimate of drug-likeness (QED) is 0.641. The molecule has 1 aromatic heterocycles. The molecule has 0 aliphatic heterocycles. The molecule has 3 aromatic rings. The van der Waals surface area contributed by atoms with Crippen molar-refractivity contribution in [2.24, 2.45) is 0 Å². The fourth-order valence-corrected chi connectivity index (χ4v) is 2.70. The standard InChI is InChI=1S/C21H20N2O4/c24-20(14-27-13-15-6-2-1-3-7-15)23-19(21(25)26)12-17-11-10-16-8-4-5-9-18(16)22-17/h1-11,19H,12-14H2,(H,23,24)(H,25,26)/t19-/m0/s1. The molecule has 3 rings (SSSR count). The number of aromatic nitrogens is 1. The molecule has 1 heterocycles. The van der Waals surface area contributed by atoms with E-state index in [2.05, 4.69) is 10.3 Å². The Balaban J connectivity index is 1.56. The van der Waals surface area contributed by atoms with Crippen molar-refractivity contribution in [1.82, 2.24) is 10.3 Å². The molecule has 0 aliphatic carbocycles. The van der Waals surface area contributed by atoms with Gasteiger partial charge in [-0.2, -0.15) is 0 Å². The van der Waals surface area contributed by atoms with E-state index < -0.39 is 17.9 Å². The van der Waals surface area contributed by atoms with Crippen LogP contribution in [0.1, 0.15) is 11.3 Å². The Morgan fingerprint density at radius 1 is 1.00 bits per heavy atom. The second-order valence-electron chi connectivity index (χ2n) is 6.14. The fourth-order valence-electron chi connectivity index (χ4n) is 2.70. The average Bonchev–Trinajstić information content (AvgIpc) is 2.68. The van der Waals surface area contributed by atoms with Crippen LogP contribution in [0.5, 0.6) is 0 Å². The van der Waals surface area contributed by atoms with E-state index >= 15 is 0 Å². The Morgan fingerprint density at radius 2 is 1.74 bits per heavy atom. The Kier molecular flexibility index (Phi) is 6.12. The number of ether oxygens (including phenoxy) is 1. The minimum atomic E-state index is -1.11. The van der Waals surface area contributed by atoms with Crippen molar-refractivity contribution in [1.29, 1.82) is 0 Å². The molecular weight excluding hydrogens is 344 g/mol. The van der Waals surface area contributed by atoms with Crippen LogP contribution in [0.15, 0.2) is 66.7 Å². The van der Waals surface area contributed by atoms with E-state index in [1.165, 1.54) is 0 Å². The molecule has 6 nitrogen and oxygen atoms in total. The summed E-state index contributed by atoms with van der Waals surface area (Å²) < 4.78 is 5.35. The zero-order valence-corrected chi connectivity index (χ0v) is 14.7. The largest absolute Gasteiger partial charge is 0.480 e. The second kappa shape index (κ2) is 8.91. The molecular formula is C21H20N2O4. The van der Waals surface area contributed by atoms with Crippen molar-refractivity contribution < 1.29 is 19.4 Å². The highest BCUT2D eigenvalue weighted by atomic mass is 16.5. The number of benzene rings is 2. The van der Waals surface area contributed by atoms with Crippen LogP contribution in [0.3, 0.4) is 0 Å². The summed E-state index contributed by atoms with van der Waals surface area (Å²) in [6.45, 7) is 0.0854. The number of nitrogens with one attached hydrogen (secondary N) is 1. The van der Waals surface area contributed by atoms with Gasteiger partial charge >= 0.3 is 5.97 Å². The van der Waals surface area contributed by atoms with Gasteiger partial charge in [0.2, 0.25) is 5.91 Å². The van der Waals surface area contributed by atoms with Crippen LogP contribution >= 0.6 is 0 Å². The molecule has 0 bridgehead atoms. The third-order valence-corrected chi connectivity index (χ3v) is 4.05. The molecule has 138 valence electrons. The van der Waals surface area contributed by atoms with Crippen LogP contribution in [0.4, 0.5) is 0 Å². The third-order valence-electron chi connectivity index (χ3n) is 4.05. The molecule has 1 atom stereocenters. The molecule has 0 unspecified atom stereocenters. The van der Waals surface area contributed by atoms with Gasteiger partial charge in [-0.25, -0.2) is 4.79 Å². The molecule has 0 saturated heterocycles. The highest BCUT2D eigenvalue weighted by Gasteiger charge is 2.21. The van der Waals surface area contributed by atoms with Gasteiger partial charge in [-0.3, -0.25) is 9.78 Å². The van der Waals surface area contributed by atoms with E-state index in [1.54, 1.807) is 6.07 Å². The average molecular weight is 364 g/mol. The van der Waals surface area contributed by atoms with Gasteiger partial charge in [0.05, 0.1) is 12.1 Å². The lowest BCUT2D eigenvalue weighted by Crippen LogP contribution is -2.44. The van der Waals surface area contributed by atoms with Gasteiger partial charge < -0.3 is 15.2 Å². The van der Waals surface area contributed by atoms with Crippen molar-refractivity contribution in [2.45, 2.75) is 19.1 Å². The molecule has 0 saturated carbocycles. The first-order chi connectivity index (χ1) is 13.1. The van der Waals surface area contributed by atoms with E-state index in [0.29, 0.717) is 5.69 Å². The number of fused-ring (bicyclic) bond motifs is 1. The number of carboxylic acid groups (broad SMARTS) is 1. The number of nitrogens with zero attached hydrogens (tertiary/aromatic N) is 1. The number of carbonyl (C=O) groups is 2. The van der Waals surface area contributed by atoms with Crippen molar-refractivity contribution in [3.63, 3.8) is 0 Å². The van der Waals surface area contributed by atoms with Crippen LogP contribution in [-0.4, -0.2) is 34.6 Å². The summed E-state index contributed by atoms with van der Waals surface area (Å²) in [5.41, 5.74) is 2.34. The summed E-state index contributed by atoms with van der Waals surface area (Å²) in [6, 6.07) is 19.6. The molecule has 0 fully saturated rings. The van der Waals surface area contributed by atoms with Crippen LogP contribution < -0.4 is 5.32 Å². The minimum Gasteiger partial charge on any atom is -0.480 e. The molecule has 1 amide bonds. The Hall–Kier alpha value is -3.25. The van der Waals surface area contributed by atoms with Crippen molar-refractivity contribution >= 4 is 22.8 Å². The number of para-hydroxylation sites is 1. The Labute approximate surface area is 156 Å². The van der Waals surface area contributed by atoms with Crippen molar-refractivity contribution in [3.05, 3.63) is 78.0 Å². The first-order valence-electron chi connectivity index (χ1n) is 8.60. The summed E-state index contributed by atoms with van der Waals surface area (Å²) >= 11 is 0. The lowest BCUT2D eigenvalue weighted by molar-refractivity contribution is -0.142. The number of hydrogen-bond donors (Lipinski definition) is 2. The zero-order chi connectivity index (χ0) is 19.1. The fraction of sp³-hybridized carbons (Fsp3) is 0.190. The predicted molar refractivity (Wildman–Crippen MR) is 101 cm³/mol. The molecule has 6 heteroatoms. The first-order valence-corrected chi connectivity index (χ1v) is 8.60. The van der Waals surface area contributed by atoms with Gasteiger partial charge in [-0.05, 0) is 17.7 Å². The van der Waals surface area contributed by atoms with E-state index in [4.69, 9.17) is 4.74 Å². The van der Waals surface area contributed by atoms with E-state index in [9.17, 15) is 14.7 Å². The third kappa shape index (κ3) is 5.36. The number of carbonyl (C=O) groups excluding carboxylic acids is 1. The zero-order valence-electron chi connectivity index (χ0n) is 14.7. The van der Waals surface area contributed by atoms with Crippen molar-refractivity contribution in [2.75, 3.05) is 6.61 Å². The van der Waals surface area contributed by atoms with Gasteiger partial charge in [0.1, 0.15) is 12.6 Å². The SMILES string of the molecule is O=C(COCc1ccccc1)N[C@@H](Cc1ccc2ccccc2n1)C(=O)O. The molecule has 0 aliphatic rings. The number of rotatable bonds is 8. The van der Waals surface area contributed by atoms with Crippen LogP contribution in [0.25, 0.3) is 10.9 Å². The van der Waals surface area contributed by atoms with Crippen LogP contribution in [0.2, 0.25) is 0 Å². The van der Waals surface area contributed by atoms with Gasteiger partial charge in [0.25, 0.3) is 0 Å². The summed E-state index contributed by atoms with van der Waals surface area (Å²) in [6.07, 6.45) is 0.102. The van der Waals surface area contributed by atoms with Gasteiger partial charge in [-0.1, -0.05) is 54.6 Å². The Bertz CT molecular complexity index is 928. The number of pyridine rings is 1. The lowest BCUT2D eigenvalue weighted by Gasteiger charge is -2.14. The van der Waals surface area contributed by atoms with E-state index in [0.717, 1.165) is 16.5 Å². The van der Waals surface area contributed by atoms with Crippen LogP contribution in [-0.2, 0) is 27.4 Å². The highest BCUT2D eigenvalue weighted by Crippen LogP contribution is 2.13. The first kappa shape index (κ1) is 18.5. The molecule has 0 radical (unpaired) electrons. The number of aliphatic carboxylic acids is 1. The summed E-state index contributed by atoms with van der Waals surface area (Å²) in [7, 11) is 0. The molecule has 0 spiro atoms. The lowest BCUT2D eigenvalue weighted by atomic mass is 10.1. The maximum Gasteiger partial charge on any atom is 0.326 e. The smallest absolute Gasteiger partial charge is 0.326 e. The maximum atomic E-state index is 12.0. The number of carboxylic acids is 1. The molecule has 2 aromatic carbocycles. The van der Waals surface area contributed by atoms with Crippen molar-refractivity contribution in [3.8, 4) is 0 Å². The van der Waals surface area contributed by atoms with Gasteiger partial charge in [-0.15, -0.1) is 0 Å². The van der Waals surface area contributed by atoms with Gasteiger partial charge in [0, 0.05) is 17.5 Å². The maximum absolute atomic E-state index is 12.0. The summed E-state index contributed by atoms with van der Waals surface area (Å²) in [5.74, 6) is -1.58. The summed E-state index contributed by atoms with van der Waals surface area (Å²) in [5, 5.41) is 12.9. The Morgan fingerprint density at radius 3 is 2.52 bits per heavy atom. The topological polar surface area (TPSA) is 88.5 Å². The summed E-state index contributed by atoms with van der Waals surface area (Å²) in [4.78, 5) is 28.0. The number of amides is 1. The monoisotopic (exact) mass is 364 g/mol. The van der Waals surface area contributed by atoms with E-state index in [1.807, 2.05) is 60.7 Å². The van der Waals surface area contributed by atoms with Crippen LogP contribution in [0, 0.1) is 0 Å². The normalized spacial score (nSPS) is 11.9. The van der Waals surface area contributed by atoms with E-state index in [-0.39, 0.29) is 19.6 Å². The number of hydrogen-bond acceptors (Lipinski definition) is 4. The molecule has 2 N–H and O–H groups in total. The van der Waals surface area contributed by atoms with Gasteiger partial charge in [0.15, 0.2) is 0 Å². The minimum absolute atomic E-state index is 0.102.